The van der Waals surface area contributed by atoms with Crippen molar-refractivity contribution >= 4 is 29.3 Å². The Morgan fingerprint density at radius 3 is 2.95 bits per heavy atom. The molecule has 0 unspecified atom stereocenters. The predicted octanol–water partition coefficient (Wildman–Crippen LogP) is 0.803. The summed E-state index contributed by atoms with van der Waals surface area (Å²) in [6, 6.07) is 7.70. The number of nitrogens with one attached hydrogen (secondary N) is 1. The number of hydrogen-bond donors (Lipinski definition) is 1. The zero-order valence-electron chi connectivity index (χ0n) is 11.8. The Bertz CT molecular complexity index is 507. The van der Waals surface area contributed by atoms with Crippen LogP contribution in [0.25, 0.3) is 0 Å². The molecule has 1 heterocycles. The fourth-order valence-corrected chi connectivity index (χ4v) is 2.92. The van der Waals surface area contributed by atoms with Gasteiger partial charge in [-0.1, -0.05) is 12.1 Å². The van der Waals surface area contributed by atoms with Gasteiger partial charge in [-0.3, -0.25) is 9.59 Å². The molecule has 0 saturated heterocycles. The first-order valence-corrected chi connectivity index (χ1v) is 7.53. The van der Waals surface area contributed by atoms with E-state index in [0.717, 1.165) is 17.1 Å². The van der Waals surface area contributed by atoms with E-state index >= 15 is 0 Å². The molecule has 108 valence electrons. The maximum Gasteiger partial charge on any atom is 0.242 e. The van der Waals surface area contributed by atoms with Gasteiger partial charge in [0.05, 0.1) is 11.4 Å². The third kappa shape index (κ3) is 3.32. The second-order valence-electron chi connectivity index (χ2n) is 4.66. The molecular weight excluding hydrogens is 274 g/mol. The number of carbonyl (C=O) groups excluding carboxylic acids is 2. The van der Waals surface area contributed by atoms with E-state index < -0.39 is 0 Å². The zero-order chi connectivity index (χ0) is 14.5. The van der Waals surface area contributed by atoms with Gasteiger partial charge in [0.15, 0.2) is 0 Å². The first-order valence-electron chi connectivity index (χ1n) is 6.54. The number of thioether (sulfide) groups is 1. The summed E-state index contributed by atoms with van der Waals surface area (Å²) in [4.78, 5) is 28.5. The number of rotatable bonds is 5. The maximum absolute atomic E-state index is 12.2. The predicted molar refractivity (Wildman–Crippen MR) is 81.1 cm³/mol. The number of hydrogen-bond acceptors (Lipinski definition) is 4. The normalized spacial score (nSPS) is 14.1. The van der Waals surface area contributed by atoms with E-state index in [1.165, 1.54) is 11.8 Å². The number of para-hydroxylation sites is 1. The minimum Gasteiger partial charge on any atom is -0.343 e. The highest BCUT2D eigenvalue weighted by atomic mass is 32.2. The summed E-state index contributed by atoms with van der Waals surface area (Å²) in [6.07, 6.45) is 0. The van der Waals surface area contributed by atoms with E-state index in [2.05, 4.69) is 5.32 Å². The van der Waals surface area contributed by atoms with Gasteiger partial charge in [0, 0.05) is 25.0 Å². The number of fused-ring (bicyclic) bond motifs is 1. The molecule has 20 heavy (non-hydrogen) atoms. The number of anilines is 1. The van der Waals surface area contributed by atoms with Gasteiger partial charge in [0.25, 0.3) is 0 Å². The molecule has 1 aliphatic heterocycles. The van der Waals surface area contributed by atoms with Crippen LogP contribution in [0.1, 0.15) is 0 Å². The summed E-state index contributed by atoms with van der Waals surface area (Å²) >= 11 is 1.52. The Labute approximate surface area is 123 Å². The van der Waals surface area contributed by atoms with Crippen LogP contribution in [0.15, 0.2) is 29.2 Å². The van der Waals surface area contributed by atoms with E-state index in [0.29, 0.717) is 12.3 Å². The van der Waals surface area contributed by atoms with Crippen molar-refractivity contribution in [2.45, 2.75) is 4.90 Å². The molecule has 0 aromatic heterocycles. The summed E-state index contributed by atoms with van der Waals surface area (Å²) in [5.74, 6) is 0.337. The maximum atomic E-state index is 12.2. The molecule has 0 fully saturated rings. The minimum absolute atomic E-state index is 0.0101. The lowest BCUT2D eigenvalue weighted by molar-refractivity contribution is -0.130. The number of likely N-dealkylation sites (N-methyl/N-ethyl adjacent to an activating group) is 2. The van der Waals surface area contributed by atoms with E-state index in [1.54, 1.807) is 16.8 Å². The topological polar surface area (TPSA) is 52.7 Å². The van der Waals surface area contributed by atoms with Crippen LogP contribution in [0.2, 0.25) is 0 Å². The molecule has 2 rings (SSSR count). The van der Waals surface area contributed by atoms with Crippen LogP contribution in [-0.2, 0) is 9.59 Å². The van der Waals surface area contributed by atoms with Gasteiger partial charge < -0.3 is 15.1 Å². The molecule has 5 nitrogen and oxygen atoms in total. The average Bonchev–Trinajstić information content (AvgIpc) is 2.47. The van der Waals surface area contributed by atoms with Crippen molar-refractivity contribution in [2.75, 3.05) is 44.4 Å². The summed E-state index contributed by atoms with van der Waals surface area (Å²) < 4.78 is 0. The number of amides is 2. The Morgan fingerprint density at radius 2 is 2.20 bits per heavy atom. The van der Waals surface area contributed by atoms with Crippen LogP contribution in [0.3, 0.4) is 0 Å². The monoisotopic (exact) mass is 293 g/mol. The zero-order valence-corrected chi connectivity index (χ0v) is 12.6. The van der Waals surface area contributed by atoms with Crippen LogP contribution >= 0.6 is 11.8 Å². The first-order chi connectivity index (χ1) is 9.63. The fraction of sp³-hybridized carbons (Fsp3) is 0.429. The third-order valence-corrected chi connectivity index (χ3v) is 4.27. The molecule has 1 N–H and O–H groups in total. The second kappa shape index (κ2) is 6.76. The minimum atomic E-state index is -0.0460. The molecule has 0 atom stereocenters. The van der Waals surface area contributed by atoms with E-state index in [9.17, 15) is 9.59 Å². The molecule has 1 aliphatic rings. The second-order valence-corrected chi connectivity index (χ2v) is 5.67. The third-order valence-electron chi connectivity index (χ3n) is 3.22. The molecule has 0 saturated carbocycles. The van der Waals surface area contributed by atoms with E-state index in [1.807, 2.05) is 31.3 Å². The summed E-state index contributed by atoms with van der Waals surface area (Å²) in [5.41, 5.74) is 0.837. The smallest absolute Gasteiger partial charge is 0.242 e. The van der Waals surface area contributed by atoms with Crippen molar-refractivity contribution in [3.8, 4) is 0 Å². The Balaban J connectivity index is 2.08. The quantitative estimate of drug-likeness (QED) is 0.872. The van der Waals surface area contributed by atoms with Crippen LogP contribution < -0.4 is 10.2 Å². The molecule has 1 aromatic rings. The van der Waals surface area contributed by atoms with E-state index in [4.69, 9.17) is 0 Å². The molecule has 1 aromatic carbocycles. The molecule has 6 heteroatoms. The fourth-order valence-electron chi connectivity index (χ4n) is 1.99. The highest BCUT2D eigenvalue weighted by molar-refractivity contribution is 8.00. The lowest BCUT2D eigenvalue weighted by atomic mass is 10.2. The molecular formula is C14H19N3O2S. The summed E-state index contributed by atoms with van der Waals surface area (Å²) in [5, 5.41) is 3.00. The average molecular weight is 293 g/mol. The van der Waals surface area contributed by atoms with Crippen molar-refractivity contribution in [1.29, 1.82) is 0 Å². The summed E-state index contributed by atoms with van der Waals surface area (Å²) in [7, 11) is 3.61. The van der Waals surface area contributed by atoms with Crippen LogP contribution in [-0.4, -0.2) is 56.2 Å². The Hall–Kier alpha value is -1.53. The van der Waals surface area contributed by atoms with Gasteiger partial charge >= 0.3 is 0 Å². The van der Waals surface area contributed by atoms with Gasteiger partial charge in [0.1, 0.15) is 6.54 Å². The van der Waals surface area contributed by atoms with E-state index in [-0.39, 0.29) is 18.4 Å². The highest BCUT2D eigenvalue weighted by Gasteiger charge is 2.26. The van der Waals surface area contributed by atoms with Gasteiger partial charge in [0.2, 0.25) is 11.8 Å². The van der Waals surface area contributed by atoms with Gasteiger partial charge in [-0.2, -0.15) is 0 Å². The van der Waals surface area contributed by atoms with Crippen LogP contribution in [0.5, 0.6) is 0 Å². The number of benzene rings is 1. The lowest BCUT2D eigenvalue weighted by Gasteiger charge is -2.30. The standard InChI is InChI=1S/C14H19N3O2S/c1-15-7-8-16(2)13(18)9-17-11-5-3-4-6-12(11)20-10-14(17)19/h3-6,15H,7-10H2,1-2H3. The van der Waals surface area contributed by atoms with Crippen LogP contribution in [0, 0.1) is 0 Å². The largest absolute Gasteiger partial charge is 0.343 e. The van der Waals surface area contributed by atoms with Crippen molar-refractivity contribution in [3.05, 3.63) is 24.3 Å². The number of carbonyl (C=O) groups is 2. The number of nitrogens with zero attached hydrogens (tertiary/aromatic N) is 2. The molecule has 0 bridgehead atoms. The Kier molecular flexibility index (Phi) is 5.03. The Morgan fingerprint density at radius 1 is 1.45 bits per heavy atom. The first kappa shape index (κ1) is 14.9. The summed E-state index contributed by atoms with van der Waals surface area (Å²) in [6.45, 7) is 1.48. The SMILES string of the molecule is CNCCN(C)C(=O)CN1C(=O)CSc2ccccc21. The molecule has 2 amide bonds. The highest BCUT2D eigenvalue weighted by Crippen LogP contribution is 2.34. The van der Waals surface area contributed by atoms with Gasteiger partial charge in [-0.05, 0) is 19.2 Å². The molecule has 0 spiro atoms. The van der Waals surface area contributed by atoms with Crippen LogP contribution in [0.4, 0.5) is 5.69 Å². The van der Waals surface area contributed by atoms with Crippen molar-refractivity contribution in [2.24, 2.45) is 0 Å². The van der Waals surface area contributed by atoms with Gasteiger partial charge in [-0.25, -0.2) is 0 Å². The molecule has 0 radical (unpaired) electrons. The lowest BCUT2D eigenvalue weighted by Crippen LogP contribution is -2.45. The molecule has 0 aliphatic carbocycles. The van der Waals surface area contributed by atoms with Gasteiger partial charge in [-0.15, -0.1) is 11.8 Å². The van der Waals surface area contributed by atoms with Crippen molar-refractivity contribution in [1.82, 2.24) is 10.2 Å². The van der Waals surface area contributed by atoms with Crippen molar-refractivity contribution in [3.63, 3.8) is 0 Å². The van der Waals surface area contributed by atoms with Crippen molar-refractivity contribution < 1.29 is 9.59 Å².